The van der Waals surface area contributed by atoms with E-state index in [0.717, 1.165) is 29.8 Å². The number of nitrogens with zero attached hydrogens (tertiary/aromatic N) is 3. The largest absolute Gasteiger partial charge is 0.506 e. The Labute approximate surface area is 198 Å². The minimum absolute atomic E-state index is 0.0742. The van der Waals surface area contributed by atoms with Crippen LogP contribution in [0.1, 0.15) is 46.1 Å². The van der Waals surface area contributed by atoms with E-state index in [-0.39, 0.29) is 5.75 Å². The lowest BCUT2D eigenvalue weighted by Crippen LogP contribution is -2.06. The van der Waals surface area contributed by atoms with Crippen molar-refractivity contribution < 1.29 is 15.0 Å². The molecule has 1 aliphatic carbocycles. The van der Waals surface area contributed by atoms with Gasteiger partial charge in [0.15, 0.2) is 0 Å². The molecule has 8 heteroatoms. The number of imidazole rings is 1. The molecule has 164 valence electrons. The van der Waals surface area contributed by atoms with Crippen LogP contribution in [0.15, 0.2) is 59.6 Å². The fraction of sp³-hybridized carbons (Fsp3) is 0.250. The van der Waals surface area contributed by atoms with Gasteiger partial charge in [0, 0.05) is 46.6 Å². The zero-order valence-corrected chi connectivity index (χ0v) is 19.6. The summed E-state index contributed by atoms with van der Waals surface area (Å²) >= 11 is 5.20. The number of aromatic nitrogens is 3. The number of carboxylic acids is 1. The van der Waals surface area contributed by atoms with Gasteiger partial charge in [0.25, 0.3) is 0 Å². The number of halogens is 1. The van der Waals surface area contributed by atoms with E-state index in [0.29, 0.717) is 39.3 Å². The fourth-order valence-electron chi connectivity index (χ4n) is 4.24. The van der Waals surface area contributed by atoms with Crippen LogP contribution in [0, 0.1) is 0 Å². The average molecular weight is 512 g/mol. The van der Waals surface area contributed by atoms with E-state index in [1.807, 2.05) is 28.8 Å². The molecule has 32 heavy (non-hydrogen) atoms. The lowest BCUT2D eigenvalue weighted by molar-refractivity contribution is 0.0698. The summed E-state index contributed by atoms with van der Waals surface area (Å²) in [4.78, 5) is 16.6. The molecule has 2 aromatic heterocycles. The number of thioether (sulfide) groups is 1. The molecule has 0 saturated heterocycles. The van der Waals surface area contributed by atoms with Crippen molar-refractivity contribution in [2.75, 3.05) is 0 Å². The number of rotatable bonds is 8. The van der Waals surface area contributed by atoms with Gasteiger partial charge in [-0.2, -0.15) is 11.8 Å². The standard InChI is InChI=1S/C24H22BrN3O3S/c25-18-10-19-21(17(23(18)29)11-27-9-8-26-14-27)22(24(30)31)20(28(19)16-6-7-16)13-32-12-15-4-2-1-3-5-15/h1-5,8-10,14,16,29H,6-7,11-13H2,(H,30,31). The van der Waals surface area contributed by atoms with E-state index in [4.69, 9.17) is 0 Å². The van der Waals surface area contributed by atoms with Gasteiger partial charge in [-0.25, -0.2) is 9.78 Å². The number of phenolic OH excluding ortho intramolecular Hbond substituents is 1. The first kappa shape index (κ1) is 21.2. The minimum atomic E-state index is -0.960. The number of carboxylic acid groups (broad SMARTS) is 1. The molecule has 4 aromatic rings. The molecule has 1 aliphatic rings. The molecule has 6 nitrogen and oxygen atoms in total. The first-order valence-electron chi connectivity index (χ1n) is 10.4. The Hall–Kier alpha value is -2.71. The second-order valence-electron chi connectivity index (χ2n) is 8.02. The smallest absolute Gasteiger partial charge is 0.338 e. The number of hydrogen-bond acceptors (Lipinski definition) is 4. The summed E-state index contributed by atoms with van der Waals surface area (Å²) < 4.78 is 4.60. The Morgan fingerprint density at radius 1 is 1.22 bits per heavy atom. The number of benzene rings is 2. The molecular weight excluding hydrogens is 490 g/mol. The third-order valence-electron chi connectivity index (χ3n) is 5.80. The van der Waals surface area contributed by atoms with Crippen LogP contribution in [-0.4, -0.2) is 30.3 Å². The lowest BCUT2D eigenvalue weighted by Gasteiger charge is -2.12. The molecule has 0 aliphatic heterocycles. The SMILES string of the molecule is O=C(O)c1c(CSCc2ccccc2)n(C2CC2)c2cc(Br)c(O)c(Cn3ccnc3)c12. The van der Waals surface area contributed by atoms with Crippen LogP contribution < -0.4 is 0 Å². The fourth-order valence-corrected chi connectivity index (χ4v) is 5.70. The third kappa shape index (κ3) is 3.93. The third-order valence-corrected chi connectivity index (χ3v) is 7.42. The van der Waals surface area contributed by atoms with Crippen molar-refractivity contribution in [3.63, 3.8) is 0 Å². The van der Waals surface area contributed by atoms with Crippen LogP contribution in [0.25, 0.3) is 10.9 Å². The first-order chi connectivity index (χ1) is 15.5. The summed E-state index contributed by atoms with van der Waals surface area (Å²) in [5.41, 5.74) is 3.79. The van der Waals surface area contributed by atoms with Gasteiger partial charge in [0.1, 0.15) is 5.75 Å². The second-order valence-corrected chi connectivity index (χ2v) is 9.86. The van der Waals surface area contributed by atoms with Crippen molar-refractivity contribution in [1.29, 1.82) is 0 Å². The molecule has 0 radical (unpaired) electrons. The summed E-state index contributed by atoms with van der Waals surface area (Å²) in [5, 5.41) is 21.8. The van der Waals surface area contributed by atoms with Crippen LogP contribution in [0.2, 0.25) is 0 Å². The zero-order chi connectivity index (χ0) is 22.2. The molecule has 0 atom stereocenters. The number of fused-ring (bicyclic) bond motifs is 1. The summed E-state index contributed by atoms with van der Waals surface area (Å²) in [6, 6.07) is 12.4. The molecule has 5 rings (SSSR count). The molecule has 2 heterocycles. The summed E-state index contributed by atoms with van der Waals surface area (Å²) in [6.45, 7) is 0.341. The van der Waals surface area contributed by atoms with Gasteiger partial charge in [0.2, 0.25) is 0 Å². The van der Waals surface area contributed by atoms with E-state index >= 15 is 0 Å². The Balaban J connectivity index is 1.64. The molecule has 0 spiro atoms. The highest BCUT2D eigenvalue weighted by Crippen LogP contribution is 2.46. The van der Waals surface area contributed by atoms with Gasteiger partial charge >= 0.3 is 5.97 Å². The normalized spacial score (nSPS) is 13.7. The Kier molecular flexibility index (Phi) is 5.73. The predicted octanol–water partition coefficient (Wildman–Crippen LogP) is 5.82. The van der Waals surface area contributed by atoms with E-state index in [9.17, 15) is 15.0 Å². The van der Waals surface area contributed by atoms with E-state index in [1.54, 1.807) is 30.5 Å². The van der Waals surface area contributed by atoms with Crippen LogP contribution in [-0.2, 0) is 18.1 Å². The molecule has 0 bridgehead atoms. The quantitative estimate of drug-likeness (QED) is 0.311. The van der Waals surface area contributed by atoms with Crippen molar-refractivity contribution >= 4 is 44.6 Å². The van der Waals surface area contributed by atoms with Crippen LogP contribution >= 0.6 is 27.7 Å². The van der Waals surface area contributed by atoms with Gasteiger partial charge in [-0.05, 0) is 40.4 Å². The van der Waals surface area contributed by atoms with E-state index in [2.05, 4.69) is 37.6 Å². The molecule has 0 amide bonds. The Morgan fingerprint density at radius 3 is 2.66 bits per heavy atom. The number of carbonyl (C=O) groups is 1. The highest BCUT2D eigenvalue weighted by Gasteiger charge is 2.33. The van der Waals surface area contributed by atoms with Crippen LogP contribution in [0.5, 0.6) is 5.75 Å². The maximum atomic E-state index is 12.5. The van der Waals surface area contributed by atoms with Crippen molar-refractivity contribution in [1.82, 2.24) is 14.1 Å². The van der Waals surface area contributed by atoms with Gasteiger partial charge in [-0.1, -0.05) is 30.3 Å². The monoisotopic (exact) mass is 511 g/mol. The van der Waals surface area contributed by atoms with Crippen LogP contribution in [0.3, 0.4) is 0 Å². The zero-order valence-electron chi connectivity index (χ0n) is 17.2. The molecule has 2 N–H and O–H groups in total. The van der Waals surface area contributed by atoms with Crippen molar-refractivity contribution in [2.24, 2.45) is 0 Å². The number of hydrogen-bond donors (Lipinski definition) is 2. The predicted molar refractivity (Wildman–Crippen MR) is 129 cm³/mol. The summed E-state index contributed by atoms with van der Waals surface area (Å²) in [5.74, 6) is 0.511. The van der Waals surface area contributed by atoms with E-state index in [1.165, 1.54) is 5.56 Å². The second kappa shape index (κ2) is 8.67. The summed E-state index contributed by atoms with van der Waals surface area (Å²) in [7, 11) is 0. The molecule has 1 saturated carbocycles. The van der Waals surface area contributed by atoms with Gasteiger partial charge in [-0.3, -0.25) is 0 Å². The lowest BCUT2D eigenvalue weighted by atomic mass is 10.0. The molecule has 1 fully saturated rings. The highest BCUT2D eigenvalue weighted by molar-refractivity contribution is 9.10. The highest BCUT2D eigenvalue weighted by atomic mass is 79.9. The number of aromatic carboxylic acids is 1. The van der Waals surface area contributed by atoms with Crippen molar-refractivity contribution in [3.8, 4) is 5.75 Å². The maximum absolute atomic E-state index is 12.5. The maximum Gasteiger partial charge on any atom is 0.338 e. The van der Waals surface area contributed by atoms with Crippen molar-refractivity contribution in [2.45, 2.75) is 36.9 Å². The number of phenols is 1. The Morgan fingerprint density at radius 2 is 2.00 bits per heavy atom. The van der Waals surface area contributed by atoms with Crippen LogP contribution in [0.4, 0.5) is 0 Å². The van der Waals surface area contributed by atoms with E-state index < -0.39 is 5.97 Å². The topological polar surface area (TPSA) is 80.3 Å². The van der Waals surface area contributed by atoms with Gasteiger partial charge in [-0.15, -0.1) is 0 Å². The first-order valence-corrected chi connectivity index (χ1v) is 12.4. The Bertz CT molecular complexity index is 1280. The molecule has 0 unspecified atom stereocenters. The molecule has 2 aromatic carbocycles. The molecular formula is C24H22BrN3O3S. The summed E-state index contributed by atoms with van der Waals surface area (Å²) in [6.07, 6.45) is 7.22. The van der Waals surface area contributed by atoms with Gasteiger partial charge in [0.05, 0.1) is 28.4 Å². The minimum Gasteiger partial charge on any atom is -0.506 e. The number of aromatic hydroxyl groups is 1. The van der Waals surface area contributed by atoms with Crippen molar-refractivity contribution in [3.05, 3.63) is 82.0 Å². The van der Waals surface area contributed by atoms with Gasteiger partial charge < -0.3 is 19.3 Å². The average Bonchev–Trinajstić information content (AvgIpc) is 3.38.